The van der Waals surface area contributed by atoms with Crippen LogP contribution in [-0.2, 0) is 4.74 Å². The Morgan fingerprint density at radius 1 is 1.00 bits per heavy atom. The first kappa shape index (κ1) is 16.4. The third-order valence-electron chi connectivity index (χ3n) is 5.03. The van der Waals surface area contributed by atoms with Crippen LogP contribution in [-0.4, -0.2) is 24.9 Å². The van der Waals surface area contributed by atoms with E-state index in [4.69, 9.17) is 14.2 Å². The molecular formula is C24H22O3. The van der Waals surface area contributed by atoms with Crippen molar-refractivity contribution in [1.82, 2.24) is 0 Å². The van der Waals surface area contributed by atoms with Crippen molar-refractivity contribution < 1.29 is 14.2 Å². The molecule has 3 heteroatoms. The van der Waals surface area contributed by atoms with Gasteiger partial charge in [-0.25, -0.2) is 0 Å². The molecule has 1 atom stereocenters. The third kappa shape index (κ3) is 3.19. The smallest absolute Gasteiger partial charge is 0.132 e. The maximum Gasteiger partial charge on any atom is 0.132 e. The minimum absolute atomic E-state index is 0.240. The van der Waals surface area contributed by atoms with Gasteiger partial charge < -0.3 is 14.2 Å². The van der Waals surface area contributed by atoms with Gasteiger partial charge in [0.1, 0.15) is 29.8 Å². The standard InChI is InChI=1S/C24H22O3/c1-24(2)13-22(20-9-5-7-16-6-3-4-8-19(16)20)21-11-10-17(12-23(21)27-24)25-14-18-15-26-18/h3-13,18H,14-15H2,1-2H3. The van der Waals surface area contributed by atoms with Gasteiger partial charge in [0.15, 0.2) is 0 Å². The van der Waals surface area contributed by atoms with Gasteiger partial charge in [0, 0.05) is 11.6 Å². The van der Waals surface area contributed by atoms with Gasteiger partial charge in [0.2, 0.25) is 0 Å². The van der Waals surface area contributed by atoms with Crippen molar-refractivity contribution in [3.05, 3.63) is 77.9 Å². The Morgan fingerprint density at radius 2 is 1.81 bits per heavy atom. The van der Waals surface area contributed by atoms with E-state index in [-0.39, 0.29) is 6.10 Å². The molecule has 27 heavy (non-hydrogen) atoms. The van der Waals surface area contributed by atoms with Crippen molar-refractivity contribution in [2.24, 2.45) is 0 Å². The molecule has 3 nitrogen and oxygen atoms in total. The molecule has 1 unspecified atom stereocenters. The van der Waals surface area contributed by atoms with Gasteiger partial charge in [-0.2, -0.15) is 0 Å². The Labute approximate surface area is 159 Å². The summed E-state index contributed by atoms with van der Waals surface area (Å²) >= 11 is 0. The van der Waals surface area contributed by atoms with Crippen LogP contribution in [0.4, 0.5) is 0 Å². The lowest BCUT2D eigenvalue weighted by molar-refractivity contribution is 0.157. The molecule has 0 saturated carbocycles. The predicted molar refractivity (Wildman–Crippen MR) is 107 cm³/mol. The van der Waals surface area contributed by atoms with Gasteiger partial charge in [-0.1, -0.05) is 42.5 Å². The lowest BCUT2D eigenvalue weighted by Gasteiger charge is -2.32. The fraction of sp³-hybridized carbons (Fsp3) is 0.250. The van der Waals surface area contributed by atoms with E-state index in [0.717, 1.165) is 23.7 Å². The van der Waals surface area contributed by atoms with Crippen molar-refractivity contribution in [1.29, 1.82) is 0 Å². The van der Waals surface area contributed by atoms with Crippen LogP contribution in [0.25, 0.3) is 16.3 Å². The van der Waals surface area contributed by atoms with E-state index in [0.29, 0.717) is 6.61 Å². The van der Waals surface area contributed by atoms with Crippen LogP contribution in [0.5, 0.6) is 11.5 Å². The zero-order valence-corrected chi connectivity index (χ0v) is 15.6. The highest BCUT2D eigenvalue weighted by molar-refractivity contribution is 5.99. The summed E-state index contributed by atoms with van der Waals surface area (Å²) in [6.45, 7) is 5.57. The monoisotopic (exact) mass is 358 g/mol. The second kappa shape index (κ2) is 6.14. The normalized spacial score (nSPS) is 19.8. The Balaban J connectivity index is 1.60. The molecule has 0 aliphatic carbocycles. The topological polar surface area (TPSA) is 31.0 Å². The molecule has 0 amide bonds. The predicted octanol–water partition coefficient (Wildman–Crippen LogP) is 5.22. The fourth-order valence-corrected chi connectivity index (χ4v) is 3.67. The molecule has 0 bridgehead atoms. The fourth-order valence-electron chi connectivity index (χ4n) is 3.67. The van der Waals surface area contributed by atoms with Crippen LogP contribution in [0.1, 0.15) is 25.0 Å². The van der Waals surface area contributed by atoms with E-state index in [1.807, 2.05) is 12.1 Å². The van der Waals surface area contributed by atoms with Crippen LogP contribution in [0.2, 0.25) is 0 Å². The number of rotatable bonds is 4. The first-order valence-electron chi connectivity index (χ1n) is 9.38. The minimum Gasteiger partial charge on any atom is -0.491 e. The second-order valence-electron chi connectivity index (χ2n) is 7.71. The highest BCUT2D eigenvalue weighted by atomic mass is 16.6. The summed E-state index contributed by atoms with van der Waals surface area (Å²) < 4.78 is 17.3. The molecule has 136 valence electrons. The first-order valence-corrected chi connectivity index (χ1v) is 9.38. The lowest BCUT2D eigenvalue weighted by atomic mass is 9.87. The maximum absolute atomic E-state index is 6.26. The van der Waals surface area contributed by atoms with E-state index in [2.05, 4.69) is 68.5 Å². The van der Waals surface area contributed by atoms with E-state index in [1.54, 1.807) is 0 Å². The molecule has 0 radical (unpaired) electrons. The summed E-state index contributed by atoms with van der Waals surface area (Å²) in [5.41, 5.74) is 3.14. The van der Waals surface area contributed by atoms with E-state index in [9.17, 15) is 0 Å². The van der Waals surface area contributed by atoms with Gasteiger partial charge in [-0.3, -0.25) is 0 Å². The first-order chi connectivity index (χ1) is 13.1. The maximum atomic E-state index is 6.26. The molecule has 1 fully saturated rings. The number of epoxide rings is 1. The summed E-state index contributed by atoms with van der Waals surface area (Å²) in [6, 6.07) is 21.1. The molecule has 1 saturated heterocycles. The lowest BCUT2D eigenvalue weighted by Crippen LogP contribution is -2.29. The van der Waals surface area contributed by atoms with Gasteiger partial charge in [0.25, 0.3) is 0 Å². The highest BCUT2D eigenvalue weighted by Gasteiger charge is 2.29. The number of hydrogen-bond donors (Lipinski definition) is 0. The number of hydrogen-bond acceptors (Lipinski definition) is 3. The van der Waals surface area contributed by atoms with Crippen LogP contribution in [0.3, 0.4) is 0 Å². The quantitative estimate of drug-likeness (QED) is 0.599. The van der Waals surface area contributed by atoms with Crippen molar-refractivity contribution in [2.75, 3.05) is 13.2 Å². The summed E-state index contributed by atoms with van der Waals surface area (Å²) in [4.78, 5) is 0. The summed E-state index contributed by atoms with van der Waals surface area (Å²) in [7, 11) is 0. The van der Waals surface area contributed by atoms with Crippen molar-refractivity contribution in [2.45, 2.75) is 25.6 Å². The zero-order valence-electron chi connectivity index (χ0n) is 15.6. The van der Waals surface area contributed by atoms with Crippen molar-refractivity contribution >= 4 is 16.3 Å². The van der Waals surface area contributed by atoms with Crippen LogP contribution >= 0.6 is 0 Å². The Hall–Kier alpha value is -2.78. The van der Waals surface area contributed by atoms with Crippen LogP contribution in [0.15, 0.2) is 66.7 Å². The van der Waals surface area contributed by atoms with Crippen molar-refractivity contribution in [3.8, 4) is 11.5 Å². The Bertz CT molecular complexity index is 1040. The molecule has 0 spiro atoms. The average molecular weight is 358 g/mol. The van der Waals surface area contributed by atoms with E-state index in [1.165, 1.54) is 21.9 Å². The summed E-state index contributed by atoms with van der Waals surface area (Å²) in [6.07, 6.45) is 2.46. The van der Waals surface area contributed by atoms with Gasteiger partial charge >= 0.3 is 0 Å². The van der Waals surface area contributed by atoms with Gasteiger partial charge in [-0.05, 0) is 54.0 Å². The molecule has 5 rings (SSSR count). The largest absolute Gasteiger partial charge is 0.491 e. The van der Waals surface area contributed by atoms with Crippen LogP contribution in [0, 0.1) is 0 Å². The van der Waals surface area contributed by atoms with E-state index >= 15 is 0 Å². The highest BCUT2D eigenvalue weighted by Crippen LogP contribution is 2.42. The SMILES string of the molecule is CC1(C)C=C(c2cccc3ccccc23)c2ccc(OCC3CO3)cc2O1. The molecule has 2 aliphatic rings. The number of fused-ring (bicyclic) bond motifs is 2. The van der Waals surface area contributed by atoms with Gasteiger partial charge in [0.05, 0.1) is 6.61 Å². The Kier molecular flexibility index (Phi) is 3.73. The average Bonchev–Trinajstić information content (AvgIpc) is 3.49. The number of benzene rings is 3. The third-order valence-corrected chi connectivity index (χ3v) is 5.03. The summed E-state index contributed by atoms with van der Waals surface area (Å²) in [5.74, 6) is 1.68. The zero-order chi connectivity index (χ0) is 18.4. The molecule has 0 aromatic heterocycles. The number of ether oxygens (including phenoxy) is 3. The molecule has 3 aromatic rings. The van der Waals surface area contributed by atoms with Crippen LogP contribution < -0.4 is 9.47 Å². The molecule has 2 heterocycles. The molecule has 3 aromatic carbocycles. The van der Waals surface area contributed by atoms with Crippen molar-refractivity contribution in [3.63, 3.8) is 0 Å². The minimum atomic E-state index is -0.391. The summed E-state index contributed by atoms with van der Waals surface area (Å²) in [5, 5.41) is 2.49. The van der Waals surface area contributed by atoms with E-state index < -0.39 is 5.60 Å². The second-order valence-corrected chi connectivity index (χ2v) is 7.71. The Morgan fingerprint density at radius 3 is 2.67 bits per heavy atom. The molecule has 0 N–H and O–H groups in total. The molecule has 2 aliphatic heterocycles. The van der Waals surface area contributed by atoms with Gasteiger partial charge in [-0.15, -0.1) is 0 Å². The molecular weight excluding hydrogens is 336 g/mol.